The van der Waals surface area contributed by atoms with Gasteiger partial charge in [0, 0.05) is 20.1 Å². The Bertz CT molecular complexity index is 504. The Labute approximate surface area is 114 Å². The SMILES string of the molecule is CCNCC1CCN(S(=O)(=O)c2ccnn2C)CC1. The molecule has 0 unspecified atom stereocenters. The summed E-state index contributed by atoms with van der Waals surface area (Å²) in [6.07, 6.45) is 3.36. The molecule has 1 aromatic rings. The monoisotopic (exact) mass is 286 g/mol. The van der Waals surface area contributed by atoms with Crippen molar-refractivity contribution in [2.45, 2.75) is 24.8 Å². The van der Waals surface area contributed by atoms with E-state index in [0.29, 0.717) is 19.0 Å². The van der Waals surface area contributed by atoms with Gasteiger partial charge in [-0.1, -0.05) is 6.92 Å². The minimum atomic E-state index is -3.38. The van der Waals surface area contributed by atoms with Gasteiger partial charge >= 0.3 is 0 Å². The lowest BCUT2D eigenvalue weighted by Gasteiger charge is -2.31. The van der Waals surface area contributed by atoms with E-state index in [2.05, 4.69) is 17.3 Å². The van der Waals surface area contributed by atoms with Crippen LogP contribution in [0.1, 0.15) is 19.8 Å². The standard InChI is InChI=1S/C12H22N4O2S/c1-3-13-10-11-5-8-16(9-6-11)19(17,18)12-4-7-14-15(12)2/h4,7,11,13H,3,5-6,8-10H2,1-2H3. The average molecular weight is 286 g/mol. The molecule has 0 amide bonds. The van der Waals surface area contributed by atoms with Gasteiger partial charge in [-0.2, -0.15) is 9.40 Å². The van der Waals surface area contributed by atoms with Crippen molar-refractivity contribution in [2.24, 2.45) is 13.0 Å². The minimum Gasteiger partial charge on any atom is -0.317 e. The molecule has 1 aliphatic rings. The molecule has 1 saturated heterocycles. The Balaban J connectivity index is 2.00. The number of piperidine rings is 1. The van der Waals surface area contributed by atoms with Crippen LogP contribution in [0, 0.1) is 5.92 Å². The quantitative estimate of drug-likeness (QED) is 0.852. The van der Waals surface area contributed by atoms with Crippen LogP contribution in [-0.2, 0) is 17.1 Å². The molecule has 1 fully saturated rings. The summed E-state index contributed by atoms with van der Waals surface area (Å²) in [6, 6.07) is 1.56. The summed E-state index contributed by atoms with van der Waals surface area (Å²) in [5, 5.41) is 7.54. The Morgan fingerprint density at radius 2 is 2.11 bits per heavy atom. The molecule has 2 heterocycles. The Kier molecular flexibility index (Phi) is 4.59. The van der Waals surface area contributed by atoms with E-state index in [9.17, 15) is 8.42 Å². The predicted molar refractivity (Wildman–Crippen MR) is 73.2 cm³/mol. The second-order valence-corrected chi connectivity index (χ2v) is 6.83. The first-order valence-corrected chi connectivity index (χ1v) is 8.18. The van der Waals surface area contributed by atoms with Crippen LogP contribution in [0.3, 0.4) is 0 Å². The molecule has 0 saturated carbocycles. The zero-order valence-corrected chi connectivity index (χ0v) is 12.4. The van der Waals surface area contributed by atoms with Gasteiger partial charge in [-0.3, -0.25) is 4.68 Å². The van der Waals surface area contributed by atoms with E-state index < -0.39 is 10.0 Å². The van der Waals surface area contributed by atoms with Crippen molar-refractivity contribution in [3.8, 4) is 0 Å². The summed E-state index contributed by atoms with van der Waals surface area (Å²) in [7, 11) is -1.72. The molecule has 1 aliphatic heterocycles. The summed E-state index contributed by atoms with van der Waals surface area (Å²) < 4.78 is 27.9. The maximum atomic E-state index is 12.4. The number of hydrogen-bond acceptors (Lipinski definition) is 4. The first-order valence-electron chi connectivity index (χ1n) is 6.74. The van der Waals surface area contributed by atoms with E-state index in [1.54, 1.807) is 17.4 Å². The second kappa shape index (κ2) is 6.02. The molecule has 1 N–H and O–H groups in total. The van der Waals surface area contributed by atoms with Crippen molar-refractivity contribution in [1.82, 2.24) is 19.4 Å². The fourth-order valence-corrected chi connectivity index (χ4v) is 4.02. The van der Waals surface area contributed by atoms with Gasteiger partial charge in [0.1, 0.15) is 0 Å². The number of nitrogens with one attached hydrogen (secondary N) is 1. The Morgan fingerprint density at radius 1 is 1.42 bits per heavy atom. The van der Waals surface area contributed by atoms with Crippen molar-refractivity contribution < 1.29 is 8.42 Å². The van der Waals surface area contributed by atoms with Crippen LogP contribution in [0.4, 0.5) is 0 Å². The Morgan fingerprint density at radius 3 is 2.63 bits per heavy atom. The molecule has 1 aromatic heterocycles. The van der Waals surface area contributed by atoms with Gasteiger partial charge in [-0.15, -0.1) is 0 Å². The molecule has 0 radical (unpaired) electrons. The van der Waals surface area contributed by atoms with Gasteiger partial charge < -0.3 is 5.32 Å². The predicted octanol–water partition coefficient (Wildman–Crippen LogP) is 0.430. The highest BCUT2D eigenvalue weighted by atomic mass is 32.2. The van der Waals surface area contributed by atoms with Crippen LogP contribution in [0.15, 0.2) is 17.3 Å². The first-order chi connectivity index (χ1) is 9.05. The fraction of sp³-hybridized carbons (Fsp3) is 0.750. The number of hydrogen-bond donors (Lipinski definition) is 1. The molecule has 108 valence electrons. The smallest absolute Gasteiger partial charge is 0.260 e. The van der Waals surface area contributed by atoms with Crippen molar-refractivity contribution in [1.29, 1.82) is 0 Å². The topological polar surface area (TPSA) is 67.2 Å². The lowest BCUT2D eigenvalue weighted by molar-refractivity contribution is 0.267. The molecule has 0 bridgehead atoms. The molecule has 6 nitrogen and oxygen atoms in total. The summed E-state index contributed by atoms with van der Waals surface area (Å²) in [6.45, 7) is 5.23. The van der Waals surface area contributed by atoms with Gasteiger partial charge in [0.25, 0.3) is 10.0 Å². The van der Waals surface area contributed by atoms with Crippen molar-refractivity contribution in [3.05, 3.63) is 12.3 Å². The van der Waals surface area contributed by atoms with Gasteiger partial charge in [-0.05, 0) is 37.9 Å². The van der Waals surface area contributed by atoms with E-state index >= 15 is 0 Å². The molecule has 0 atom stereocenters. The summed E-state index contributed by atoms with van der Waals surface area (Å²) >= 11 is 0. The minimum absolute atomic E-state index is 0.276. The molecule has 0 aliphatic carbocycles. The third-order valence-electron chi connectivity index (χ3n) is 3.64. The van der Waals surface area contributed by atoms with E-state index in [1.165, 1.54) is 10.9 Å². The largest absolute Gasteiger partial charge is 0.317 e. The summed E-state index contributed by atoms with van der Waals surface area (Å²) in [4.78, 5) is 0. The maximum absolute atomic E-state index is 12.4. The number of rotatable bonds is 5. The Hall–Kier alpha value is -0.920. The summed E-state index contributed by atoms with van der Waals surface area (Å²) in [5.41, 5.74) is 0. The highest BCUT2D eigenvalue weighted by Crippen LogP contribution is 2.22. The number of aryl methyl sites for hydroxylation is 1. The number of nitrogens with zero attached hydrogens (tertiary/aromatic N) is 3. The van der Waals surface area contributed by atoms with Gasteiger partial charge in [0.2, 0.25) is 0 Å². The maximum Gasteiger partial charge on any atom is 0.260 e. The van der Waals surface area contributed by atoms with Gasteiger partial charge in [-0.25, -0.2) is 8.42 Å². The first kappa shape index (κ1) is 14.5. The third kappa shape index (κ3) is 3.16. The van der Waals surface area contributed by atoms with Gasteiger partial charge in [0.15, 0.2) is 5.03 Å². The van der Waals surface area contributed by atoms with E-state index in [0.717, 1.165) is 25.9 Å². The van der Waals surface area contributed by atoms with Gasteiger partial charge in [0.05, 0.1) is 6.20 Å². The van der Waals surface area contributed by atoms with Crippen molar-refractivity contribution in [2.75, 3.05) is 26.2 Å². The van der Waals surface area contributed by atoms with Crippen LogP contribution >= 0.6 is 0 Å². The average Bonchev–Trinajstić information content (AvgIpc) is 2.84. The lowest BCUT2D eigenvalue weighted by atomic mass is 9.98. The zero-order valence-electron chi connectivity index (χ0n) is 11.5. The lowest BCUT2D eigenvalue weighted by Crippen LogP contribution is -2.41. The van der Waals surface area contributed by atoms with Crippen LogP contribution in [-0.4, -0.2) is 48.7 Å². The molecule has 19 heavy (non-hydrogen) atoms. The molecule has 2 rings (SSSR count). The number of sulfonamides is 1. The third-order valence-corrected chi connectivity index (χ3v) is 5.61. The molecular formula is C12H22N4O2S. The second-order valence-electron chi connectivity index (χ2n) is 4.95. The van der Waals surface area contributed by atoms with E-state index in [1.807, 2.05) is 0 Å². The molecular weight excluding hydrogens is 264 g/mol. The highest BCUT2D eigenvalue weighted by molar-refractivity contribution is 7.89. The molecule has 0 spiro atoms. The molecule has 0 aromatic carbocycles. The van der Waals surface area contributed by atoms with Crippen molar-refractivity contribution in [3.63, 3.8) is 0 Å². The zero-order chi connectivity index (χ0) is 13.9. The van der Waals surface area contributed by atoms with Crippen LogP contribution in [0.5, 0.6) is 0 Å². The molecule has 7 heteroatoms. The number of aromatic nitrogens is 2. The summed E-state index contributed by atoms with van der Waals surface area (Å²) in [5.74, 6) is 0.581. The van der Waals surface area contributed by atoms with E-state index in [-0.39, 0.29) is 5.03 Å². The van der Waals surface area contributed by atoms with Crippen LogP contribution in [0.25, 0.3) is 0 Å². The fourth-order valence-electron chi connectivity index (χ4n) is 2.45. The van der Waals surface area contributed by atoms with Crippen LogP contribution < -0.4 is 5.32 Å². The highest BCUT2D eigenvalue weighted by Gasteiger charge is 2.30. The van der Waals surface area contributed by atoms with Crippen LogP contribution in [0.2, 0.25) is 0 Å². The van der Waals surface area contributed by atoms with E-state index in [4.69, 9.17) is 0 Å². The normalized spacial score (nSPS) is 18.8. The van der Waals surface area contributed by atoms with Crippen molar-refractivity contribution >= 4 is 10.0 Å².